The van der Waals surface area contributed by atoms with Crippen molar-refractivity contribution in [3.63, 3.8) is 0 Å². The maximum atomic E-state index is 5.53. The molecule has 0 heterocycles. The van der Waals surface area contributed by atoms with Gasteiger partial charge in [0, 0.05) is 0 Å². The summed E-state index contributed by atoms with van der Waals surface area (Å²) in [4.78, 5) is 0. The summed E-state index contributed by atoms with van der Waals surface area (Å²) in [6, 6.07) is 8.14. The van der Waals surface area contributed by atoms with Crippen LogP contribution in [-0.4, -0.2) is 16.5 Å². The molecule has 0 radical (unpaired) electrons. The Labute approximate surface area is 148 Å². The third kappa shape index (κ3) is 5.34. The standard InChI is InChI=1S/C12H30NSi2.K/c1-7-14(8-2,9-3)13-15(10-4,11-5)12-6;/h7-12H2,1-6H3;/q-1;+1. The minimum absolute atomic E-state index is 0. The molecule has 16 heavy (non-hydrogen) atoms. The van der Waals surface area contributed by atoms with E-state index in [1.54, 1.807) is 0 Å². The van der Waals surface area contributed by atoms with Crippen molar-refractivity contribution in [1.29, 1.82) is 0 Å². The van der Waals surface area contributed by atoms with Gasteiger partial charge in [-0.1, -0.05) is 94.3 Å². The fourth-order valence-electron chi connectivity index (χ4n) is 2.48. The van der Waals surface area contributed by atoms with Gasteiger partial charge in [-0.2, -0.15) is 0 Å². The Balaban J connectivity index is 0. The van der Waals surface area contributed by atoms with Crippen molar-refractivity contribution in [2.45, 2.75) is 77.8 Å². The molecule has 0 rings (SSSR count). The van der Waals surface area contributed by atoms with Crippen LogP contribution in [0.4, 0.5) is 0 Å². The van der Waals surface area contributed by atoms with E-state index in [9.17, 15) is 0 Å². The van der Waals surface area contributed by atoms with Gasteiger partial charge in [-0.05, 0) is 0 Å². The minimum Gasteiger partial charge on any atom is -0.666 e. The van der Waals surface area contributed by atoms with Crippen LogP contribution < -0.4 is 51.4 Å². The Bertz CT molecular complexity index is 134. The van der Waals surface area contributed by atoms with Crippen molar-refractivity contribution >= 4 is 16.5 Å². The van der Waals surface area contributed by atoms with E-state index in [2.05, 4.69) is 41.5 Å². The molecule has 0 amide bonds. The van der Waals surface area contributed by atoms with Gasteiger partial charge in [-0.25, -0.2) is 0 Å². The Kier molecular flexibility index (Phi) is 12.6. The van der Waals surface area contributed by atoms with Crippen LogP contribution in [0, 0.1) is 0 Å². The molecule has 0 bridgehead atoms. The Morgan fingerprint density at radius 2 is 0.750 bits per heavy atom. The Hall–Kier alpha value is 2.03. The molecule has 0 aliphatic carbocycles. The van der Waals surface area contributed by atoms with E-state index in [0.29, 0.717) is 0 Å². The molecule has 92 valence electrons. The molecule has 0 unspecified atom stereocenters. The third-order valence-electron chi connectivity index (χ3n) is 4.42. The van der Waals surface area contributed by atoms with Crippen LogP contribution in [0.2, 0.25) is 36.3 Å². The van der Waals surface area contributed by atoms with Crippen LogP contribution in [0.25, 0.3) is 4.65 Å². The molecule has 0 spiro atoms. The molecule has 1 nitrogen and oxygen atoms in total. The van der Waals surface area contributed by atoms with Crippen molar-refractivity contribution < 1.29 is 51.4 Å². The first-order valence-corrected chi connectivity index (χ1v) is 11.9. The molecule has 0 saturated carbocycles. The molecule has 0 fully saturated rings. The van der Waals surface area contributed by atoms with E-state index in [1.165, 1.54) is 36.3 Å². The van der Waals surface area contributed by atoms with Crippen LogP contribution in [0.15, 0.2) is 0 Å². The molecule has 0 aromatic rings. The summed E-state index contributed by atoms with van der Waals surface area (Å²) in [6.07, 6.45) is 0. The second kappa shape index (κ2) is 9.89. The van der Waals surface area contributed by atoms with Gasteiger partial charge < -0.3 is 4.65 Å². The summed E-state index contributed by atoms with van der Waals surface area (Å²) >= 11 is 0. The van der Waals surface area contributed by atoms with Crippen molar-refractivity contribution in [2.24, 2.45) is 0 Å². The predicted octanol–water partition coefficient (Wildman–Crippen LogP) is 2.37. The van der Waals surface area contributed by atoms with Gasteiger partial charge in [0.15, 0.2) is 0 Å². The average Bonchev–Trinajstić information content (AvgIpc) is 2.33. The molecule has 0 saturated heterocycles. The predicted molar refractivity (Wildman–Crippen MR) is 77.8 cm³/mol. The van der Waals surface area contributed by atoms with E-state index in [4.69, 9.17) is 4.65 Å². The number of rotatable bonds is 8. The zero-order valence-corrected chi connectivity index (χ0v) is 17.8. The van der Waals surface area contributed by atoms with Crippen LogP contribution in [0.5, 0.6) is 0 Å². The van der Waals surface area contributed by atoms with Crippen LogP contribution >= 0.6 is 0 Å². The van der Waals surface area contributed by atoms with Crippen LogP contribution in [0.1, 0.15) is 41.5 Å². The zero-order valence-electron chi connectivity index (χ0n) is 12.7. The number of nitrogens with zero attached hydrogens (tertiary/aromatic N) is 1. The van der Waals surface area contributed by atoms with E-state index in [0.717, 1.165) is 0 Å². The molecular formula is C12H30KNSi2. The van der Waals surface area contributed by atoms with Gasteiger partial charge in [0.05, 0.1) is 0 Å². The fourth-order valence-corrected chi connectivity index (χ4v) is 13.3. The molecule has 0 N–H and O–H groups in total. The topological polar surface area (TPSA) is 14.1 Å². The van der Waals surface area contributed by atoms with Gasteiger partial charge in [0.2, 0.25) is 0 Å². The summed E-state index contributed by atoms with van der Waals surface area (Å²) in [6.45, 7) is 14.2. The molecule has 0 atom stereocenters. The Morgan fingerprint density at radius 1 is 0.562 bits per heavy atom. The van der Waals surface area contributed by atoms with E-state index < -0.39 is 16.5 Å². The first kappa shape index (κ1) is 20.3. The first-order chi connectivity index (χ1) is 7.07. The minimum atomic E-state index is -1.23. The number of hydrogen-bond donors (Lipinski definition) is 0. The molecule has 0 aliphatic rings. The van der Waals surface area contributed by atoms with Crippen molar-refractivity contribution in [2.75, 3.05) is 0 Å². The van der Waals surface area contributed by atoms with Gasteiger partial charge >= 0.3 is 51.4 Å². The normalized spacial score (nSPS) is 12.4. The number of hydrogen-bond acceptors (Lipinski definition) is 0. The van der Waals surface area contributed by atoms with Gasteiger partial charge in [-0.3, -0.25) is 0 Å². The second-order valence-electron chi connectivity index (χ2n) is 4.68. The first-order valence-electron chi connectivity index (χ1n) is 6.81. The molecule has 0 aliphatic heterocycles. The summed E-state index contributed by atoms with van der Waals surface area (Å²) in [7, 11) is -2.46. The van der Waals surface area contributed by atoms with Crippen LogP contribution in [0.3, 0.4) is 0 Å². The Morgan fingerprint density at radius 3 is 0.875 bits per heavy atom. The zero-order chi connectivity index (χ0) is 11.9. The van der Waals surface area contributed by atoms with Crippen molar-refractivity contribution in [1.82, 2.24) is 0 Å². The smallest absolute Gasteiger partial charge is 0.666 e. The molecule has 4 heteroatoms. The molecular weight excluding hydrogens is 253 g/mol. The van der Waals surface area contributed by atoms with E-state index in [1.807, 2.05) is 0 Å². The monoisotopic (exact) mass is 283 g/mol. The maximum absolute atomic E-state index is 5.53. The molecule has 0 aromatic carbocycles. The summed E-state index contributed by atoms with van der Waals surface area (Å²) < 4.78 is 5.53. The quantitative estimate of drug-likeness (QED) is 0.607. The summed E-state index contributed by atoms with van der Waals surface area (Å²) in [5.74, 6) is 0. The van der Waals surface area contributed by atoms with Gasteiger partial charge in [0.1, 0.15) is 0 Å². The summed E-state index contributed by atoms with van der Waals surface area (Å²) in [5, 5.41) is 0. The SMILES string of the molecule is CC[Si](CC)(CC)[N-][Si](CC)(CC)CC.[K+]. The largest absolute Gasteiger partial charge is 1.00 e. The van der Waals surface area contributed by atoms with Crippen molar-refractivity contribution in [3.05, 3.63) is 4.65 Å². The molecule has 0 aromatic heterocycles. The van der Waals surface area contributed by atoms with E-state index >= 15 is 0 Å². The average molecular weight is 284 g/mol. The van der Waals surface area contributed by atoms with Crippen LogP contribution in [-0.2, 0) is 0 Å². The van der Waals surface area contributed by atoms with E-state index in [-0.39, 0.29) is 51.4 Å². The van der Waals surface area contributed by atoms with Crippen molar-refractivity contribution in [3.8, 4) is 0 Å². The van der Waals surface area contributed by atoms with Gasteiger partial charge in [-0.15, -0.1) is 0 Å². The second-order valence-corrected chi connectivity index (χ2v) is 14.7. The third-order valence-corrected chi connectivity index (χ3v) is 16.1. The van der Waals surface area contributed by atoms with Gasteiger partial charge in [0.25, 0.3) is 0 Å². The fraction of sp³-hybridized carbons (Fsp3) is 1.00. The maximum Gasteiger partial charge on any atom is 1.00 e. The summed E-state index contributed by atoms with van der Waals surface area (Å²) in [5.41, 5.74) is 0.